The molecule has 0 fully saturated rings. The molecule has 1 aromatic heterocycles. The van der Waals surface area contributed by atoms with Gasteiger partial charge in [-0.15, -0.1) is 0 Å². The molecular weight excluding hydrogens is 463 g/mol. The van der Waals surface area contributed by atoms with Crippen molar-refractivity contribution in [1.82, 2.24) is 4.98 Å². The Morgan fingerprint density at radius 1 is 1.25 bits per heavy atom. The monoisotopic (exact) mass is 478 g/mol. The third kappa shape index (κ3) is 4.46. The van der Waals surface area contributed by atoms with E-state index in [0.29, 0.717) is 0 Å². The summed E-state index contributed by atoms with van der Waals surface area (Å²) in [5.74, 6) is -3.34. The molecule has 0 spiro atoms. The molecule has 1 aliphatic heterocycles. The number of nitrogens with zero attached hydrogens (tertiary/aromatic N) is 2. The number of rotatable bonds is 3. The Kier molecular flexibility index (Phi) is 6.04. The third-order valence-corrected chi connectivity index (χ3v) is 5.00. The van der Waals surface area contributed by atoms with E-state index in [1.165, 1.54) is 6.92 Å². The smallest absolute Gasteiger partial charge is 0.388 e. The first-order chi connectivity index (χ1) is 14.7. The van der Waals surface area contributed by atoms with Gasteiger partial charge in [-0.1, -0.05) is 11.6 Å². The van der Waals surface area contributed by atoms with Gasteiger partial charge in [0.1, 0.15) is 17.2 Å². The maximum Gasteiger partial charge on any atom is 0.424 e. The van der Waals surface area contributed by atoms with Crippen LogP contribution in [0.1, 0.15) is 19.4 Å². The van der Waals surface area contributed by atoms with Crippen LogP contribution in [0.2, 0.25) is 5.02 Å². The van der Waals surface area contributed by atoms with Crippen LogP contribution >= 0.6 is 11.6 Å². The first-order valence-electron chi connectivity index (χ1n) is 8.91. The van der Waals surface area contributed by atoms with Gasteiger partial charge in [-0.25, -0.2) is 18.6 Å². The van der Waals surface area contributed by atoms with Gasteiger partial charge in [0.25, 0.3) is 5.88 Å². The van der Waals surface area contributed by atoms with Crippen LogP contribution < -0.4 is 15.8 Å². The Bertz CT molecular complexity index is 1100. The standard InChI is InChI=1S/C19H16ClF5N4O3/c1-17(8-31-18(2,15(26)29-17)19(23,24)25)11-6-10(3-4-12(11)21)28-16(30)32-14-13(22)5-9(20)7-27-14/h3-7H,8H2,1-2H3,(H2,26,29)(H,28,30). The highest BCUT2D eigenvalue weighted by Crippen LogP contribution is 2.41. The van der Waals surface area contributed by atoms with E-state index in [1.807, 2.05) is 0 Å². The highest BCUT2D eigenvalue weighted by atomic mass is 35.5. The van der Waals surface area contributed by atoms with Crippen LogP contribution in [0.15, 0.2) is 35.5 Å². The predicted molar refractivity (Wildman–Crippen MR) is 105 cm³/mol. The zero-order valence-electron chi connectivity index (χ0n) is 16.6. The van der Waals surface area contributed by atoms with Gasteiger partial charge in [0.05, 0.1) is 11.6 Å². The fourth-order valence-electron chi connectivity index (χ4n) is 2.85. The summed E-state index contributed by atoms with van der Waals surface area (Å²) in [7, 11) is 0. The maximum absolute atomic E-state index is 14.5. The molecule has 2 atom stereocenters. The van der Waals surface area contributed by atoms with Crippen molar-refractivity contribution in [2.45, 2.75) is 31.2 Å². The minimum Gasteiger partial charge on any atom is -0.388 e. The summed E-state index contributed by atoms with van der Waals surface area (Å²) in [5, 5.41) is 2.23. The molecule has 3 rings (SSSR count). The number of carbonyl (C=O) groups is 1. The zero-order chi connectivity index (χ0) is 23.9. The van der Waals surface area contributed by atoms with Crippen LogP contribution in [0.5, 0.6) is 5.88 Å². The summed E-state index contributed by atoms with van der Waals surface area (Å²) in [6, 6.07) is 4.12. The van der Waals surface area contributed by atoms with E-state index < -0.39 is 53.4 Å². The number of nitrogens with one attached hydrogen (secondary N) is 1. The third-order valence-electron chi connectivity index (χ3n) is 4.80. The van der Waals surface area contributed by atoms with Gasteiger partial charge >= 0.3 is 12.3 Å². The number of amides is 1. The second-order valence-electron chi connectivity index (χ2n) is 7.24. The maximum atomic E-state index is 14.5. The molecule has 2 heterocycles. The Morgan fingerprint density at radius 3 is 2.53 bits per heavy atom. The summed E-state index contributed by atoms with van der Waals surface area (Å²) < 4.78 is 77.8. The number of anilines is 1. The highest BCUT2D eigenvalue weighted by Gasteiger charge is 2.59. The van der Waals surface area contributed by atoms with E-state index in [4.69, 9.17) is 26.8 Å². The highest BCUT2D eigenvalue weighted by molar-refractivity contribution is 6.30. The number of carbonyl (C=O) groups excluding carboxylic acids is 1. The molecule has 13 heteroatoms. The number of hydrogen-bond acceptors (Lipinski definition) is 6. The van der Waals surface area contributed by atoms with Crippen molar-refractivity contribution in [2.75, 3.05) is 11.9 Å². The van der Waals surface area contributed by atoms with E-state index in [-0.39, 0.29) is 16.3 Å². The molecule has 32 heavy (non-hydrogen) atoms. The van der Waals surface area contributed by atoms with Crippen LogP contribution in [-0.4, -0.2) is 35.3 Å². The normalized spacial score (nSPS) is 23.4. The topological polar surface area (TPSA) is 98.8 Å². The largest absolute Gasteiger partial charge is 0.424 e. The summed E-state index contributed by atoms with van der Waals surface area (Å²) in [4.78, 5) is 19.4. The SMILES string of the molecule is CC1(c2cc(NC(=O)Oc3ncc(Cl)cc3F)ccc2F)COC(C)(C(F)(F)F)C(N)=N1. The number of halogens is 6. The van der Waals surface area contributed by atoms with Crippen molar-refractivity contribution >= 4 is 29.2 Å². The lowest BCUT2D eigenvalue weighted by atomic mass is 9.89. The number of hydrogen-bond donors (Lipinski definition) is 2. The quantitative estimate of drug-likeness (QED) is 0.631. The minimum absolute atomic E-state index is 0.0113. The van der Waals surface area contributed by atoms with Gasteiger partial charge in [0.15, 0.2) is 5.82 Å². The first-order valence-corrected chi connectivity index (χ1v) is 9.29. The van der Waals surface area contributed by atoms with Crippen molar-refractivity contribution < 1.29 is 36.2 Å². The fraction of sp³-hybridized carbons (Fsp3) is 0.316. The van der Waals surface area contributed by atoms with Crippen molar-refractivity contribution in [3.8, 4) is 5.88 Å². The van der Waals surface area contributed by atoms with E-state index in [9.17, 15) is 26.7 Å². The number of amidine groups is 1. The Hall–Kier alpha value is -2.99. The van der Waals surface area contributed by atoms with Gasteiger partial charge in [-0.2, -0.15) is 13.2 Å². The number of aromatic nitrogens is 1. The van der Waals surface area contributed by atoms with E-state index >= 15 is 0 Å². The molecule has 1 amide bonds. The average molecular weight is 479 g/mol. The Morgan fingerprint density at radius 2 is 1.94 bits per heavy atom. The molecule has 1 aliphatic rings. The van der Waals surface area contributed by atoms with E-state index in [0.717, 1.165) is 37.4 Å². The molecule has 0 bridgehead atoms. The van der Waals surface area contributed by atoms with Crippen LogP contribution in [0, 0.1) is 11.6 Å². The van der Waals surface area contributed by atoms with E-state index in [2.05, 4.69) is 15.3 Å². The van der Waals surface area contributed by atoms with Gasteiger partial charge in [0.2, 0.25) is 5.60 Å². The second-order valence-corrected chi connectivity index (χ2v) is 7.68. The molecule has 2 aromatic rings. The molecule has 0 radical (unpaired) electrons. The molecule has 3 N–H and O–H groups in total. The minimum atomic E-state index is -4.83. The number of pyridine rings is 1. The lowest BCUT2D eigenvalue weighted by Gasteiger charge is -2.41. The molecule has 0 aliphatic carbocycles. The van der Waals surface area contributed by atoms with Gasteiger partial charge in [-0.05, 0) is 38.1 Å². The molecule has 172 valence electrons. The number of alkyl halides is 3. The number of ether oxygens (including phenoxy) is 2. The molecule has 7 nitrogen and oxygen atoms in total. The predicted octanol–water partition coefficient (Wildman–Crippen LogP) is 4.55. The molecule has 0 saturated heterocycles. The lowest BCUT2D eigenvalue weighted by Crippen LogP contribution is -2.60. The van der Waals surface area contributed by atoms with Crippen molar-refractivity contribution in [2.24, 2.45) is 10.7 Å². The average Bonchev–Trinajstić information content (AvgIpc) is 2.68. The van der Waals surface area contributed by atoms with Crippen molar-refractivity contribution in [1.29, 1.82) is 0 Å². The summed E-state index contributed by atoms with van der Waals surface area (Å²) in [5.41, 5.74) is 0.881. The van der Waals surface area contributed by atoms with E-state index in [1.54, 1.807) is 0 Å². The molecule has 0 saturated carbocycles. The second kappa shape index (κ2) is 8.17. The molecular formula is C19H16ClF5N4O3. The Balaban J connectivity index is 1.85. The van der Waals surface area contributed by atoms with Crippen LogP contribution in [-0.2, 0) is 10.3 Å². The van der Waals surface area contributed by atoms with Gasteiger partial charge in [-0.3, -0.25) is 10.3 Å². The zero-order valence-corrected chi connectivity index (χ0v) is 17.3. The first kappa shape index (κ1) is 23.7. The molecule has 1 aromatic carbocycles. The number of nitrogens with two attached hydrogens (primary N) is 1. The number of aliphatic imine (C=N–C) groups is 1. The van der Waals surface area contributed by atoms with Crippen molar-refractivity contribution in [3.05, 3.63) is 52.7 Å². The van der Waals surface area contributed by atoms with Crippen LogP contribution in [0.25, 0.3) is 0 Å². The lowest BCUT2D eigenvalue weighted by molar-refractivity contribution is -0.249. The number of benzene rings is 1. The van der Waals surface area contributed by atoms with Crippen LogP contribution in [0.4, 0.5) is 32.4 Å². The van der Waals surface area contributed by atoms with Crippen LogP contribution in [0.3, 0.4) is 0 Å². The summed E-state index contributed by atoms with van der Waals surface area (Å²) in [6.45, 7) is 1.40. The van der Waals surface area contributed by atoms with Gasteiger partial charge < -0.3 is 15.2 Å². The van der Waals surface area contributed by atoms with Gasteiger partial charge in [0, 0.05) is 17.4 Å². The summed E-state index contributed by atoms with van der Waals surface area (Å²) in [6.07, 6.45) is -4.93. The fourth-order valence-corrected chi connectivity index (χ4v) is 3.00. The summed E-state index contributed by atoms with van der Waals surface area (Å²) >= 11 is 5.57. The Labute approximate surface area is 183 Å². The molecule has 2 unspecified atom stereocenters. The van der Waals surface area contributed by atoms with Crippen molar-refractivity contribution in [3.63, 3.8) is 0 Å².